The number of hydrogen-bond acceptors (Lipinski definition) is 2. The quantitative estimate of drug-likeness (QED) is 0.709. The third kappa shape index (κ3) is 2.86. The zero-order valence-electron chi connectivity index (χ0n) is 9.55. The highest BCUT2D eigenvalue weighted by molar-refractivity contribution is 6.18. The summed E-state index contributed by atoms with van der Waals surface area (Å²) in [5, 5.41) is 3.54. The lowest BCUT2D eigenvalue weighted by molar-refractivity contribution is 0.168. The SMILES string of the molecule is COCC(CCl)NCC1CC2CCC1C2. The van der Waals surface area contributed by atoms with Crippen LogP contribution in [0.5, 0.6) is 0 Å². The van der Waals surface area contributed by atoms with E-state index in [1.165, 1.54) is 25.7 Å². The van der Waals surface area contributed by atoms with E-state index in [0.29, 0.717) is 11.9 Å². The van der Waals surface area contributed by atoms with Crippen molar-refractivity contribution in [2.75, 3.05) is 26.1 Å². The van der Waals surface area contributed by atoms with E-state index in [2.05, 4.69) is 5.32 Å². The van der Waals surface area contributed by atoms with Crippen LogP contribution in [-0.2, 0) is 4.74 Å². The molecule has 0 heterocycles. The van der Waals surface area contributed by atoms with Gasteiger partial charge in [0.1, 0.15) is 0 Å². The summed E-state index contributed by atoms with van der Waals surface area (Å²) < 4.78 is 5.13. The van der Waals surface area contributed by atoms with Gasteiger partial charge in [-0.05, 0) is 43.6 Å². The Kier molecular flexibility index (Phi) is 4.30. The first-order valence-electron chi connectivity index (χ1n) is 6.11. The average molecular weight is 232 g/mol. The first-order valence-corrected chi connectivity index (χ1v) is 6.65. The van der Waals surface area contributed by atoms with Crippen LogP contribution < -0.4 is 5.32 Å². The molecule has 0 amide bonds. The van der Waals surface area contributed by atoms with E-state index in [4.69, 9.17) is 16.3 Å². The van der Waals surface area contributed by atoms with Gasteiger partial charge in [0, 0.05) is 19.0 Å². The smallest absolute Gasteiger partial charge is 0.0627 e. The molecular formula is C12H22ClNO. The van der Waals surface area contributed by atoms with Crippen molar-refractivity contribution < 1.29 is 4.74 Å². The Balaban J connectivity index is 1.69. The van der Waals surface area contributed by atoms with Crippen molar-refractivity contribution in [2.24, 2.45) is 17.8 Å². The van der Waals surface area contributed by atoms with Crippen LogP contribution >= 0.6 is 11.6 Å². The summed E-state index contributed by atoms with van der Waals surface area (Å²) in [5.41, 5.74) is 0. The van der Waals surface area contributed by atoms with Gasteiger partial charge in [-0.2, -0.15) is 0 Å². The topological polar surface area (TPSA) is 21.3 Å². The van der Waals surface area contributed by atoms with E-state index in [1.54, 1.807) is 7.11 Å². The van der Waals surface area contributed by atoms with Gasteiger partial charge in [-0.3, -0.25) is 0 Å². The van der Waals surface area contributed by atoms with Gasteiger partial charge >= 0.3 is 0 Å². The van der Waals surface area contributed by atoms with Gasteiger partial charge < -0.3 is 10.1 Å². The Morgan fingerprint density at radius 3 is 2.80 bits per heavy atom. The average Bonchev–Trinajstić information content (AvgIpc) is 2.85. The largest absolute Gasteiger partial charge is 0.383 e. The molecule has 4 unspecified atom stereocenters. The Morgan fingerprint density at radius 2 is 2.27 bits per heavy atom. The van der Waals surface area contributed by atoms with Gasteiger partial charge in [0.15, 0.2) is 0 Å². The first-order chi connectivity index (χ1) is 7.33. The van der Waals surface area contributed by atoms with Crippen molar-refractivity contribution in [1.29, 1.82) is 0 Å². The fraction of sp³-hybridized carbons (Fsp3) is 1.00. The third-order valence-electron chi connectivity index (χ3n) is 4.11. The van der Waals surface area contributed by atoms with Crippen molar-refractivity contribution in [3.63, 3.8) is 0 Å². The van der Waals surface area contributed by atoms with E-state index in [9.17, 15) is 0 Å². The van der Waals surface area contributed by atoms with E-state index in [0.717, 1.165) is 30.9 Å². The number of nitrogens with one attached hydrogen (secondary N) is 1. The molecule has 0 radical (unpaired) electrons. The molecule has 2 nitrogen and oxygen atoms in total. The molecule has 2 bridgehead atoms. The fourth-order valence-electron chi connectivity index (χ4n) is 3.30. The van der Waals surface area contributed by atoms with Crippen LogP contribution in [0.3, 0.4) is 0 Å². The van der Waals surface area contributed by atoms with E-state index < -0.39 is 0 Å². The Labute approximate surface area is 97.7 Å². The Bertz CT molecular complexity index is 200. The predicted octanol–water partition coefficient (Wildman–Crippen LogP) is 2.27. The molecule has 0 aliphatic heterocycles. The van der Waals surface area contributed by atoms with Crippen molar-refractivity contribution in [2.45, 2.75) is 31.7 Å². The Morgan fingerprint density at radius 1 is 1.40 bits per heavy atom. The molecule has 0 aromatic heterocycles. The predicted molar refractivity (Wildman–Crippen MR) is 63.3 cm³/mol. The minimum atomic E-state index is 0.329. The van der Waals surface area contributed by atoms with Crippen LogP contribution in [0.4, 0.5) is 0 Å². The number of halogens is 1. The number of methoxy groups -OCH3 is 1. The van der Waals surface area contributed by atoms with Crippen LogP contribution in [0, 0.1) is 17.8 Å². The summed E-state index contributed by atoms with van der Waals surface area (Å²) in [6.07, 6.45) is 5.88. The normalized spacial score (nSPS) is 36.0. The highest BCUT2D eigenvalue weighted by Gasteiger charge is 2.39. The molecule has 2 aliphatic rings. The second-order valence-electron chi connectivity index (χ2n) is 5.15. The van der Waals surface area contributed by atoms with Gasteiger partial charge in [0.25, 0.3) is 0 Å². The standard InChI is InChI=1S/C12H22ClNO/c1-15-8-12(6-13)14-7-11-5-9-2-3-10(11)4-9/h9-12,14H,2-8H2,1H3. The lowest BCUT2D eigenvalue weighted by atomic mass is 9.89. The van der Waals surface area contributed by atoms with Crippen LogP contribution in [0.15, 0.2) is 0 Å². The van der Waals surface area contributed by atoms with Gasteiger partial charge in [-0.1, -0.05) is 6.42 Å². The molecule has 4 atom stereocenters. The van der Waals surface area contributed by atoms with Crippen molar-refractivity contribution >= 4 is 11.6 Å². The third-order valence-corrected chi connectivity index (χ3v) is 4.48. The molecule has 3 heteroatoms. The first kappa shape index (κ1) is 11.7. The molecule has 88 valence electrons. The molecule has 0 aromatic carbocycles. The maximum atomic E-state index is 5.87. The van der Waals surface area contributed by atoms with Gasteiger partial charge in [0.05, 0.1) is 6.61 Å². The van der Waals surface area contributed by atoms with E-state index >= 15 is 0 Å². The maximum absolute atomic E-state index is 5.87. The molecule has 1 N–H and O–H groups in total. The maximum Gasteiger partial charge on any atom is 0.0627 e. The number of alkyl halides is 1. The van der Waals surface area contributed by atoms with Gasteiger partial charge in [-0.25, -0.2) is 0 Å². The monoisotopic (exact) mass is 231 g/mol. The van der Waals surface area contributed by atoms with Crippen molar-refractivity contribution in [1.82, 2.24) is 5.32 Å². The Hall–Kier alpha value is 0.210. The lowest BCUT2D eigenvalue weighted by Crippen LogP contribution is -2.39. The minimum absolute atomic E-state index is 0.329. The second kappa shape index (κ2) is 5.51. The highest BCUT2D eigenvalue weighted by atomic mass is 35.5. The number of ether oxygens (including phenoxy) is 1. The summed E-state index contributed by atoms with van der Waals surface area (Å²) >= 11 is 5.87. The number of fused-ring (bicyclic) bond motifs is 2. The van der Waals surface area contributed by atoms with Crippen molar-refractivity contribution in [3.8, 4) is 0 Å². The van der Waals surface area contributed by atoms with Crippen LogP contribution in [0.25, 0.3) is 0 Å². The summed E-state index contributed by atoms with van der Waals surface area (Å²) in [6, 6.07) is 0.329. The van der Waals surface area contributed by atoms with Gasteiger partial charge in [0.2, 0.25) is 0 Å². The molecule has 2 fully saturated rings. The lowest BCUT2D eigenvalue weighted by Gasteiger charge is -2.24. The second-order valence-corrected chi connectivity index (χ2v) is 5.46. The summed E-state index contributed by atoms with van der Waals surface area (Å²) in [4.78, 5) is 0. The van der Waals surface area contributed by atoms with Crippen LogP contribution in [0.2, 0.25) is 0 Å². The molecule has 2 saturated carbocycles. The molecule has 15 heavy (non-hydrogen) atoms. The molecule has 2 aliphatic carbocycles. The highest BCUT2D eigenvalue weighted by Crippen LogP contribution is 2.47. The van der Waals surface area contributed by atoms with Crippen LogP contribution in [0.1, 0.15) is 25.7 Å². The zero-order chi connectivity index (χ0) is 10.7. The molecule has 0 aromatic rings. The summed E-state index contributed by atoms with van der Waals surface area (Å²) in [5.74, 6) is 3.60. The number of rotatable bonds is 6. The molecule has 2 rings (SSSR count). The van der Waals surface area contributed by atoms with E-state index in [1.807, 2.05) is 0 Å². The molecular weight excluding hydrogens is 210 g/mol. The molecule has 0 saturated heterocycles. The zero-order valence-corrected chi connectivity index (χ0v) is 10.3. The minimum Gasteiger partial charge on any atom is -0.383 e. The van der Waals surface area contributed by atoms with Gasteiger partial charge in [-0.15, -0.1) is 11.6 Å². The molecule has 0 spiro atoms. The van der Waals surface area contributed by atoms with Crippen LogP contribution in [-0.4, -0.2) is 32.2 Å². The van der Waals surface area contributed by atoms with E-state index in [-0.39, 0.29) is 0 Å². The summed E-state index contributed by atoms with van der Waals surface area (Å²) in [6.45, 7) is 1.87. The van der Waals surface area contributed by atoms with Crippen molar-refractivity contribution in [3.05, 3.63) is 0 Å². The fourth-order valence-corrected chi connectivity index (χ4v) is 3.50. The summed E-state index contributed by atoms with van der Waals surface area (Å²) in [7, 11) is 1.73. The number of hydrogen-bond donors (Lipinski definition) is 1.